The van der Waals surface area contributed by atoms with Gasteiger partial charge in [0.25, 0.3) is 0 Å². The molecule has 0 spiro atoms. The standard InChI is InChI=1S/C14H22N2O2/c1-4-11(5-2)16-13-8-7-10(15)9-12(13)14(17)18-6-3/h7-9,11,16H,4-6,15H2,1-3H3. The Bertz CT molecular complexity index is 401. The molecule has 0 bridgehead atoms. The number of rotatable bonds is 6. The zero-order valence-corrected chi connectivity index (χ0v) is 11.3. The lowest BCUT2D eigenvalue weighted by Crippen LogP contribution is -2.19. The zero-order chi connectivity index (χ0) is 13.5. The number of esters is 1. The van der Waals surface area contributed by atoms with Crippen LogP contribution in [-0.4, -0.2) is 18.6 Å². The average Bonchev–Trinajstić information content (AvgIpc) is 2.37. The normalized spacial score (nSPS) is 10.4. The Morgan fingerprint density at radius 1 is 1.33 bits per heavy atom. The average molecular weight is 250 g/mol. The molecule has 0 aliphatic carbocycles. The molecule has 0 aromatic heterocycles. The molecule has 3 N–H and O–H groups in total. The van der Waals surface area contributed by atoms with Gasteiger partial charge >= 0.3 is 5.97 Å². The number of anilines is 2. The van der Waals surface area contributed by atoms with Gasteiger partial charge < -0.3 is 15.8 Å². The summed E-state index contributed by atoms with van der Waals surface area (Å²) in [4.78, 5) is 11.9. The molecule has 0 saturated carbocycles. The van der Waals surface area contributed by atoms with Crippen LogP contribution in [0.2, 0.25) is 0 Å². The molecule has 0 atom stereocenters. The summed E-state index contributed by atoms with van der Waals surface area (Å²) in [5.41, 5.74) is 7.58. The number of carbonyl (C=O) groups is 1. The van der Waals surface area contributed by atoms with Gasteiger partial charge in [0.2, 0.25) is 0 Å². The predicted octanol–water partition coefficient (Wildman–Crippen LogP) is 3.05. The fourth-order valence-electron chi connectivity index (χ4n) is 1.78. The van der Waals surface area contributed by atoms with Crippen LogP contribution in [0.3, 0.4) is 0 Å². The molecule has 18 heavy (non-hydrogen) atoms. The van der Waals surface area contributed by atoms with Crippen LogP contribution in [0.25, 0.3) is 0 Å². The summed E-state index contributed by atoms with van der Waals surface area (Å²) < 4.78 is 5.04. The third-order valence-corrected chi connectivity index (χ3v) is 2.88. The van der Waals surface area contributed by atoms with Gasteiger partial charge in [0, 0.05) is 17.4 Å². The molecule has 4 heteroatoms. The van der Waals surface area contributed by atoms with Crippen LogP contribution in [0.1, 0.15) is 44.0 Å². The van der Waals surface area contributed by atoms with Crippen molar-refractivity contribution in [1.29, 1.82) is 0 Å². The van der Waals surface area contributed by atoms with E-state index < -0.39 is 0 Å². The van der Waals surface area contributed by atoms with Crippen LogP contribution in [0, 0.1) is 0 Å². The molecule has 100 valence electrons. The van der Waals surface area contributed by atoms with Crippen molar-refractivity contribution in [1.82, 2.24) is 0 Å². The molecule has 4 nitrogen and oxygen atoms in total. The van der Waals surface area contributed by atoms with Crippen molar-refractivity contribution < 1.29 is 9.53 Å². The van der Waals surface area contributed by atoms with E-state index in [1.165, 1.54) is 0 Å². The van der Waals surface area contributed by atoms with E-state index in [4.69, 9.17) is 10.5 Å². The van der Waals surface area contributed by atoms with Crippen LogP contribution in [-0.2, 0) is 4.74 Å². The maximum absolute atomic E-state index is 11.9. The van der Waals surface area contributed by atoms with E-state index in [0.29, 0.717) is 23.9 Å². The Hall–Kier alpha value is -1.71. The minimum Gasteiger partial charge on any atom is -0.462 e. The lowest BCUT2D eigenvalue weighted by Gasteiger charge is -2.18. The Morgan fingerprint density at radius 2 is 2.00 bits per heavy atom. The van der Waals surface area contributed by atoms with Crippen LogP contribution >= 0.6 is 0 Å². The second kappa shape index (κ2) is 6.89. The van der Waals surface area contributed by atoms with E-state index in [2.05, 4.69) is 19.2 Å². The molecule has 0 radical (unpaired) electrons. The molecular weight excluding hydrogens is 228 g/mol. The highest BCUT2D eigenvalue weighted by molar-refractivity contribution is 5.96. The molecule has 0 aliphatic heterocycles. The van der Waals surface area contributed by atoms with E-state index in [-0.39, 0.29) is 5.97 Å². The van der Waals surface area contributed by atoms with Crippen molar-refractivity contribution in [2.45, 2.75) is 39.7 Å². The Balaban J connectivity index is 2.99. The number of ether oxygens (including phenoxy) is 1. The first kappa shape index (κ1) is 14.4. The summed E-state index contributed by atoms with van der Waals surface area (Å²) in [5.74, 6) is -0.335. The van der Waals surface area contributed by atoms with Crippen molar-refractivity contribution in [2.24, 2.45) is 0 Å². The first-order valence-electron chi connectivity index (χ1n) is 6.45. The van der Waals surface area contributed by atoms with Crippen molar-refractivity contribution in [3.05, 3.63) is 23.8 Å². The molecule has 0 fully saturated rings. The van der Waals surface area contributed by atoms with Crippen molar-refractivity contribution in [3.8, 4) is 0 Å². The summed E-state index contributed by atoms with van der Waals surface area (Å²) in [7, 11) is 0. The van der Waals surface area contributed by atoms with Crippen molar-refractivity contribution in [2.75, 3.05) is 17.7 Å². The summed E-state index contributed by atoms with van der Waals surface area (Å²) in [6.45, 7) is 6.38. The Kier molecular flexibility index (Phi) is 5.49. The minimum atomic E-state index is -0.335. The largest absolute Gasteiger partial charge is 0.462 e. The van der Waals surface area contributed by atoms with Gasteiger partial charge in [-0.2, -0.15) is 0 Å². The number of nitrogen functional groups attached to an aromatic ring is 1. The third kappa shape index (κ3) is 3.65. The van der Waals surface area contributed by atoms with Crippen LogP contribution in [0.5, 0.6) is 0 Å². The first-order valence-corrected chi connectivity index (χ1v) is 6.45. The predicted molar refractivity (Wildman–Crippen MR) is 74.8 cm³/mol. The molecule has 0 saturated heterocycles. The molecule has 1 aromatic carbocycles. The van der Waals surface area contributed by atoms with E-state index in [1.54, 1.807) is 19.1 Å². The fourth-order valence-corrected chi connectivity index (χ4v) is 1.78. The van der Waals surface area contributed by atoms with E-state index >= 15 is 0 Å². The molecule has 1 rings (SSSR count). The molecule has 0 amide bonds. The summed E-state index contributed by atoms with van der Waals surface area (Å²) in [5, 5.41) is 3.36. The second-order valence-electron chi connectivity index (χ2n) is 4.18. The molecule has 0 aliphatic rings. The smallest absolute Gasteiger partial charge is 0.340 e. The lowest BCUT2D eigenvalue weighted by molar-refractivity contribution is 0.0527. The number of hydrogen-bond acceptors (Lipinski definition) is 4. The monoisotopic (exact) mass is 250 g/mol. The van der Waals surface area contributed by atoms with Gasteiger partial charge in [0.1, 0.15) is 0 Å². The Labute approximate surface area is 109 Å². The van der Waals surface area contributed by atoms with Gasteiger partial charge in [-0.1, -0.05) is 13.8 Å². The highest BCUT2D eigenvalue weighted by Gasteiger charge is 2.14. The molecule has 0 unspecified atom stereocenters. The maximum atomic E-state index is 11.9. The van der Waals surface area contributed by atoms with Gasteiger partial charge in [0.15, 0.2) is 0 Å². The van der Waals surface area contributed by atoms with E-state index in [1.807, 2.05) is 6.07 Å². The lowest BCUT2D eigenvalue weighted by atomic mass is 10.1. The number of nitrogens with two attached hydrogens (primary N) is 1. The highest BCUT2D eigenvalue weighted by Crippen LogP contribution is 2.22. The Morgan fingerprint density at radius 3 is 2.56 bits per heavy atom. The number of nitrogens with one attached hydrogen (secondary N) is 1. The third-order valence-electron chi connectivity index (χ3n) is 2.88. The SMILES string of the molecule is CCOC(=O)c1cc(N)ccc1NC(CC)CC. The van der Waals surface area contributed by atoms with Crippen LogP contribution < -0.4 is 11.1 Å². The summed E-state index contributed by atoms with van der Waals surface area (Å²) in [6.07, 6.45) is 2.01. The number of carbonyl (C=O) groups excluding carboxylic acids is 1. The summed E-state index contributed by atoms with van der Waals surface area (Å²) >= 11 is 0. The topological polar surface area (TPSA) is 64.3 Å². The first-order chi connectivity index (χ1) is 8.62. The molecule has 0 heterocycles. The minimum absolute atomic E-state index is 0.335. The van der Waals surface area contributed by atoms with Gasteiger partial charge in [-0.25, -0.2) is 4.79 Å². The van der Waals surface area contributed by atoms with Gasteiger partial charge in [-0.05, 0) is 38.0 Å². The number of hydrogen-bond donors (Lipinski definition) is 2. The summed E-state index contributed by atoms with van der Waals surface area (Å²) in [6, 6.07) is 5.62. The van der Waals surface area contributed by atoms with E-state index in [0.717, 1.165) is 18.5 Å². The van der Waals surface area contributed by atoms with Gasteiger partial charge in [-0.3, -0.25) is 0 Å². The van der Waals surface area contributed by atoms with Crippen LogP contribution in [0.4, 0.5) is 11.4 Å². The fraction of sp³-hybridized carbons (Fsp3) is 0.500. The molecular formula is C14H22N2O2. The zero-order valence-electron chi connectivity index (χ0n) is 11.3. The van der Waals surface area contributed by atoms with E-state index in [9.17, 15) is 4.79 Å². The molecule has 1 aromatic rings. The van der Waals surface area contributed by atoms with Gasteiger partial charge in [0.05, 0.1) is 12.2 Å². The second-order valence-corrected chi connectivity index (χ2v) is 4.18. The van der Waals surface area contributed by atoms with Crippen LogP contribution in [0.15, 0.2) is 18.2 Å². The van der Waals surface area contributed by atoms with Gasteiger partial charge in [-0.15, -0.1) is 0 Å². The van der Waals surface area contributed by atoms with Crippen molar-refractivity contribution in [3.63, 3.8) is 0 Å². The van der Waals surface area contributed by atoms with Crippen molar-refractivity contribution >= 4 is 17.3 Å². The highest BCUT2D eigenvalue weighted by atomic mass is 16.5. The quantitative estimate of drug-likeness (QED) is 0.601. The number of benzene rings is 1. The maximum Gasteiger partial charge on any atom is 0.340 e.